The van der Waals surface area contributed by atoms with Crippen molar-refractivity contribution >= 4 is 5.91 Å². The SMILES string of the molecule is CC/C=C\C/C=C\C/C=C\C/C=C\C/C=C\C/C=C\CCCCC(=O)NC(COC1OC(CO)C(O)C(O)C1O)C(O)CCCCCCCC. The van der Waals surface area contributed by atoms with Crippen molar-refractivity contribution in [1.82, 2.24) is 5.32 Å². The summed E-state index contributed by atoms with van der Waals surface area (Å²) in [4.78, 5) is 12.8. The second-order valence-corrected chi connectivity index (χ2v) is 13.0. The van der Waals surface area contributed by atoms with Gasteiger partial charge in [-0.1, -0.05) is 125 Å². The minimum Gasteiger partial charge on any atom is -0.394 e. The van der Waals surface area contributed by atoms with E-state index in [0.29, 0.717) is 19.3 Å². The van der Waals surface area contributed by atoms with Crippen LogP contribution >= 0.6 is 0 Å². The Balaban J connectivity index is 2.36. The van der Waals surface area contributed by atoms with Crippen molar-refractivity contribution in [2.75, 3.05) is 13.2 Å². The Kier molecular flexibility index (Phi) is 28.6. The summed E-state index contributed by atoms with van der Waals surface area (Å²) in [5, 5.41) is 53.7. The quantitative estimate of drug-likeness (QED) is 0.0375. The molecule has 0 aliphatic carbocycles. The zero-order chi connectivity index (χ0) is 36.7. The van der Waals surface area contributed by atoms with Crippen molar-refractivity contribution in [3.05, 3.63) is 72.9 Å². The van der Waals surface area contributed by atoms with Crippen LogP contribution in [0.1, 0.15) is 123 Å². The Morgan fingerprint density at radius 3 is 1.80 bits per heavy atom. The molecular formula is C41H69NO8. The summed E-state index contributed by atoms with van der Waals surface area (Å²) in [5.74, 6) is -0.197. The van der Waals surface area contributed by atoms with E-state index in [9.17, 15) is 30.3 Å². The number of carbonyl (C=O) groups excluding carboxylic acids is 1. The van der Waals surface area contributed by atoms with Crippen molar-refractivity contribution in [1.29, 1.82) is 0 Å². The molecule has 1 amide bonds. The number of allylic oxidation sites excluding steroid dienone is 12. The maximum absolute atomic E-state index is 12.8. The number of hydrogen-bond donors (Lipinski definition) is 6. The number of nitrogens with one attached hydrogen (secondary N) is 1. The maximum Gasteiger partial charge on any atom is 0.220 e. The van der Waals surface area contributed by atoms with Crippen LogP contribution in [0.4, 0.5) is 0 Å². The first kappa shape index (κ1) is 45.7. The van der Waals surface area contributed by atoms with Crippen LogP contribution in [0, 0.1) is 0 Å². The van der Waals surface area contributed by atoms with Crippen LogP contribution < -0.4 is 5.32 Å². The highest BCUT2D eigenvalue weighted by Crippen LogP contribution is 2.22. The molecule has 0 aromatic heterocycles. The van der Waals surface area contributed by atoms with Crippen LogP contribution in [0.3, 0.4) is 0 Å². The average Bonchev–Trinajstić information content (AvgIpc) is 3.11. The molecular weight excluding hydrogens is 634 g/mol. The molecule has 50 heavy (non-hydrogen) atoms. The molecule has 0 bridgehead atoms. The molecule has 1 aliphatic rings. The maximum atomic E-state index is 12.8. The molecule has 1 aliphatic heterocycles. The molecule has 0 radical (unpaired) electrons. The van der Waals surface area contributed by atoms with Crippen molar-refractivity contribution in [3.63, 3.8) is 0 Å². The molecule has 6 N–H and O–H groups in total. The highest BCUT2D eigenvalue weighted by Gasteiger charge is 2.44. The highest BCUT2D eigenvalue weighted by atomic mass is 16.7. The lowest BCUT2D eigenvalue weighted by molar-refractivity contribution is -0.302. The number of unbranched alkanes of at least 4 members (excludes halogenated alkanes) is 7. The van der Waals surface area contributed by atoms with Gasteiger partial charge in [-0.05, 0) is 64.2 Å². The molecule has 0 aromatic rings. The molecule has 9 heteroatoms. The van der Waals surface area contributed by atoms with Crippen molar-refractivity contribution in [3.8, 4) is 0 Å². The fourth-order valence-corrected chi connectivity index (χ4v) is 5.45. The number of aliphatic hydroxyl groups excluding tert-OH is 5. The smallest absolute Gasteiger partial charge is 0.220 e. The summed E-state index contributed by atoms with van der Waals surface area (Å²) in [5.41, 5.74) is 0. The molecule has 0 saturated carbocycles. The second-order valence-electron chi connectivity index (χ2n) is 13.0. The number of aliphatic hydroxyl groups is 5. The number of rotatable bonds is 29. The zero-order valence-electron chi connectivity index (χ0n) is 30.9. The molecule has 1 fully saturated rings. The van der Waals surface area contributed by atoms with Gasteiger partial charge in [-0.15, -0.1) is 0 Å². The summed E-state index contributed by atoms with van der Waals surface area (Å²) in [6, 6.07) is -0.742. The van der Waals surface area contributed by atoms with E-state index in [-0.39, 0.29) is 12.5 Å². The van der Waals surface area contributed by atoms with Crippen LogP contribution in [0.25, 0.3) is 0 Å². The fourth-order valence-electron chi connectivity index (χ4n) is 5.45. The monoisotopic (exact) mass is 704 g/mol. The minimum absolute atomic E-state index is 0.163. The van der Waals surface area contributed by atoms with Gasteiger partial charge in [0.2, 0.25) is 5.91 Å². The molecule has 1 saturated heterocycles. The van der Waals surface area contributed by atoms with E-state index < -0.39 is 49.5 Å². The third-order valence-corrected chi connectivity index (χ3v) is 8.57. The Labute approximate surface area is 302 Å². The number of carbonyl (C=O) groups is 1. The lowest BCUT2D eigenvalue weighted by Gasteiger charge is -2.40. The van der Waals surface area contributed by atoms with Gasteiger partial charge in [0.15, 0.2) is 6.29 Å². The van der Waals surface area contributed by atoms with E-state index in [2.05, 4.69) is 92.1 Å². The third kappa shape index (κ3) is 22.4. The predicted molar refractivity (Wildman–Crippen MR) is 202 cm³/mol. The van der Waals surface area contributed by atoms with Gasteiger partial charge >= 0.3 is 0 Å². The highest BCUT2D eigenvalue weighted by molar-refractivity contribution is 5.76. The van der Waals surface area contributed by atoms with Crippen LogP contribution in [0.5, 0.6) is 0 Å². The molecule has 0 spiro atoms. The first-order valence-electron chi connectivity index (χ1n) is 19.1. The predicted octanol–water partition coefficient (Wildman–Crippen LogP) is 6.66. The summed E-state index contributed by atoms with van der Waals surface area (Å²) in [7, 11) is 0. The van der Waals surface area contributed by atoms with Gasteiger partial charge in [-0.3, -0.25) is 4.79 Å². The minimum atomic E-state index is -1.56. The largest absolute Gasteiger partial charge is 0.394 e. The van der Waals surface area contributed by atoms with Crippen LogP contribution in [-0.4, -0.2) is 87.5 Å². The van der Waals surface area contributed by atoms with E-state index in [0.717, 1.165) is 83.5 Å². The van der Waals surface area contributed by atoms with Gasteiger partial charge in [0, 0.05) is 6.42 Å². The summed E-state index contributed by atoms with van der Waals surface area (Å²) < 4.78 is 11.1. The number of amides is 1. The standard InChI is InChI=1S/C41H69NO8/c1-3-5-7-9-11-12-13-14-15-16-17-18-19-20-21-22-23-24-25-27-29-31-37(45)42-34(35(44)30-28-26-10-8-6-4-2)33-49-41-40(48)39(47)38(46)36(32-43)50-41/h5,7,11-12,14-15,17-18,20-21,23-24,34-36,38-41,43-44,46-48H,3-4,6,8-10,13,16,19,22,25-33H2,1-2H3,(H,42,45)/b7-5-,12-11-,15-14-,18-17-,21-20-,24-23-. The Hall–Kier alpha value is -2.37. The van der Waals surface area contributed by atoms with Crippen molar-refractivity contribution in [2.24, 2.45) is 0 Å². The van der Waals surface area contributed by atoms with Crippen molar-refractivity contribution in [2.45, 2.75) is 166 Å². The fraction of sp³-hybridized carbons (Fsp3) is 0.683. The zero-order valence-corrected chi connectivity index (χ0v) is 30.9. The molecule has 7 atom stereocenters. The second kappa shape index (κ2) is 31.4. The van der Waals surface area contributed by atoms with Crippen LogP contribution in [0.2, 0.25) is 0 Å². The first-order valence-corrected chi connectivity index (χ1v) is 19.1. The van der Waals surface area contributed by atoms with E-state index in [1.54, 1.807) is 0 Å². The summed E-state index contributed by atoms with van der Waals surface area (Å²) in [6.45, 7) is 3.58. The summed E-state index contributed by atoms with van der Waals surface area (Å²) >= 11 is 0. The lowest BCUT2D eigenvalue weighted by Crippen LogP contribution is -2.60. The van der Waals surface area contributed by atoms with Gasteiger partial charge in [0.1, 0.15) is 24.4 Å². The van der Waals surface area contributed by atoms with Gasteiger partial charge < -0.3 is 40.3 Å². The van der Waals surface area contributed by atoms with E-state index in [4.69, 9.17) is 9.47 Å². The number of hydrogen-bond acceptors (Lipinski definition) is 8. The molecule has 286 valence electrons. The Morgan fingerprint density at radius 2 is 1.24 bits per heavy atom. The molecule has 0 aromatic carbocycles. The third-order valence-electron chi connectivity index (χ3n) is 8.57. The van der Waals surface area contributed by atoms with E-state index in [1.807, 2.05) is 0 Å². The molecule has 1 heterocycles. The van der Waals surface area contributed by atoms with Gasteiger partial charge in [-0.25, -0.2) is 0 Å². The number of ether oxygens (including phenoxy) is 2. The average molecular weight is 704 g/mol. The van der Waals surface area contributed by atoms with Crippen LogP contribution in [-0.2, 0) is 14.3 Å². The van der Waals surface area contributed by atoms with Gasteiger partial charge in [-0.2, -0.15) is 0 Å². The van der Waals surface area contributed by atoms with E-state index in [1.165, 1.54) is 6.42 Å². The lowest BCUT2D eigenvalue weighted by atomic mass is 9.99. The Morgan fingerprint density at radius 1 is 0.700 bits per heavy atom. The van der Waals surface area contributed by atoms with Crippen LogP contribution in [0.15, 0.2) is 72.9 Å². The first-order chi connectivity index (χ1) is 24.3. The molecule has 9 nitrogen and oxygen atoms in total. The molecule has 7 unspecified atom stereocenters. The van der Waals surface area contributed by atoms with Gasteiger partial charge in [0.25, 0.3) is 0 Å². The van der Waals surface area contributed by atoms with Crippen molar-refractivity contribution < 1.29 is 39.8 Å². The normalized spacial score (nSPS) is 23.1. The topological polar surface area (TPSA) is 149 Å². The molecule has 1 rings (SSSR count). The van der Waals surface area contributed by atoms with Gasteiger partial charge in [0.05, 0.1) is 25.4 Å². The Bertz CT molecular complexity index is 1000. The van der Waals surface area contributed by atoms with E-state index >= 15 is 0 Å². The summed E-state index contributed by atoms with van der Waals surface area (Å²) in [6.07, 6.45) is 33.7.